The number of carbonyl (C=O) groups excluding carboxylic acids is 2. The number of ether oxygens (including phenoxy) is 2. The molecule has 0 aromatic carbocycles. The molecule has 0 aromatic rings. The van der Waals surface area contributed by atoms with Crippen LogP contribution in [0.5, 0.6) is 0 Å². The first-order valence-corrected chi connectivity index (χ1v) is 19.6. The van der Waals surface area contributed by atoms with Crippen molar-refractivity contribution < 1.29 is 24.2 Å². The second-order valence-corrected chi connectivity index (χ2v) is 13.4. The molecule has 0 rings (SSSR count). The maximum absolute atomic E-state index is 12.1. The van der Waals surface area contributed by atoms with Crippen molar-refractivity contribution in [2.45, 2.75) is 225 Å². The molecule has 5 heteroatoms. The normalized spacial score (nSPS) is 12.0. The van der Waals surface area contributed by atoms with Gasteiger partial charge in [-0.25, -0.2) is 0 Å². The van der Waals surface area contributed by atoms with Gasteiger partial charge in [0.25, 0.3) is 0 Å². The zero-order valence-electron chi connectivity index (χ0n) is 29.7. The fourth-order valence-electron chi connectivity index (χ4n) is 5.91. The van der Waals surface area contributed by atoms with E-state index in [2.05, 4.69) is 13.8 Å². The second kappa shape index (κ2) is 36.4. The summed E-state index contributed by atoms with van der Waals surface area (Å²) in [6, 6.07) is 0. The molecule has 1 N–H and O–H groups in total. The summed E-state index contributed by atoms with van der Waals surface area (Å²) >= 11 is 0. The van der Waals surface area contributed by atoms with Gasteiger partial charge in [0.1, 0.15) is 6.61 Å². The number of rotatable bonds is 36. The summed E-state index contributed by atoms with van der Waals surface area (Å²) in [4.78, 5) is 24.2. The Balaban J connectivity index is 3.46. The van der Waals surface area contributed by atoms with Gasteiger partial charge in [0.15, 0.2) is 6.10 Å². The molecule has 0 unspecified atom stereocenters. The average Bonchev–Trinajstić information content (AvgIpc) is 3.02. The molecule has 44 heavy (non-hydrogen) atoms. The Labute approximate surface area is 274 Å². The molecule has 0 bridgehead atoms. The monoisotopic (exact) mass is 625 g/mol. The highest BCUT2D eigenvalue weighted by atomic mass is 16.6. The van der Waals surface area contributed by atoms with Crippen LogP contribution < -0.4 is 0 Å². The third-order valence-electron chi connectivity index (χ3n) is 8.90. The van der Waals surface area contributed by atoms with E-state index in [-0.39, 0.29) is 25.2 Å². The van der Waals surface area contributed by atoms with Crippen LogP contribution >= 0.6 is 0 Å². The first-order valence-electron chi connectivity index (χ1n) is 19.6. The van der Waals surface area contributed by atoms with Crippen molar-refractivity contribution in [1.29, 1.82) is 0 Å². The molecule has 0 amide bonds. The van der Waals surface area contributed by atoms with Gasteiger partial charge in [0.2, 0.25) is 0 Å². The smallest absolute Gasteiger partial charge is 0.306 e. The fourth-order valence-corrected chi connectivity index (χ4v) is 5.91. The van der Waals surface area contributed by atoms with Gasteiger partial charge in [-0.3, -0.25) is 9.59 Å². The van der Waals surface area contributed by atoms with E-state index in [1.807, 2.05) is 0 Å². The fraction of sp³-hybridized carbons (Fsp3) is 0.949. The summed E-state index contributed by atoms with van der Waals surface area (Å²) < 4.78 is 10.6. The molecule has 0 fully saturated rings. The molecule has 0 spiro atoms. The molecule has 0 radical (unpaired) electrons. The minimum Gasteiger partial charge on any atom is -0.462 e. The number of hydrogen-bond donors (Lipinski definition) is 1. The Kier molecular flexibility index (Phi) is 35.5. The van der Waals surface area contributed by atoms with Gasteiger partial charge in [0, 0.05) is 12.8 Å². The van der Waals surface area contributed by atoms with Crippen LogP contribution in [-0.4, -0.2) is 36.4 Å². The van der Waals surface area contributed by atoms with Gasteiger partial charge in [-0.1, -0.05) is 194 Å². The van der Waals surface area contributed by atoms with Gasteiger partial charge in [-0.2, -0.15) is 0 Å². The largest absolute Gasteiger partial charge is 0.462 e. The van der Waals surface area contributed by atoms with E-state index in [4.69, 9.17) is 9.47 Å². The van der Waals surface area contributed by atoms with Crippen molar-refractivity contribution in [2.75, 3.05) is 13.2 Å². The standard InChI is InChI=1S/C39H76O5/c1-3-5-7-9-11-13-15-16-17-18-19-20-21-22-23-24-26-28-30-32-34-39(42)44-37(35-40)36-43-38(41)33-31-29-27-25-14-12-10-8-6-4-2/h37,40H,3-36H2,1-2H3/t37-/m0/s1. The summed E-state index contributed by atoms with van der Waals surface area (Å²) in [6.45, 7) is 4.15. The summed E-state index contributed by atoms with van der Waals surface area (Å²) in [5.74, 6) is -0.578. The van der Waals surface area contributed by atoms with E-state index in [0.29, 0.717) is 12.8 Å². The van der Waals surface area contributed by atoms with Crippen LogP contribution in [0.2, 0.25) is 0 Å². The molecule has 0 aromatic heterocycles. The van der Waals surface area contributed by atoms with Gasteiger partial charge >= 0.3 is 11.9 Å². The Morgan fingerprint density at radius 1 is 0.432 bits per heavy atom. The lowest BCUT2D eigenvalue weighted by Crippen LogP contribution is -2.28. The molecule has 1 atom stereocenters. The van der Waals surface area contributed by atoms with E-state index < -0.39 is 6.10 Å². The SMILES string of the molecule is CCCCCCCCCCCCCCCCCCCCCCC(=O)O[C@@H](CO)COC(=O)CCCCCCCCCCCC. The average molecular weight is 625 g/mol. The summed E-state index contributed by atoms with van der Waals surface area (Å²) in [6.07, 6.45) is 38.8. The molecule has 0 aliphatic heterocycles. The maximum Gasteiger partial charge on any atom is 0.306 e. The van der Waals surface area contributed by atoms with Crippen molar-refractivity contribution in [3.05, 3.63) is 0 Å². The van der Waals surface area contributed by atoms with E-state index in [1.165, 1.54) is 154 Å². The Morgan fingerprint density at radius 3 is 1.00 bits per heavy atom. The lowest BCUT2D eigenvalue weighted by atomic mass is 10.0. The molecule has 0 aliphatic rings. The van der Waals surface area contributed by atoms with Crippen molar-refractivity contribution in [3.8, 4) is 0 Å². The van der Waals surface area contributed by atoms with E-state index in [0.717, 1.165) is 38.5 Å². The first-order chi connectivity index (χ1) is 21.6. The van der Waals surface area contributed by atoms with Crippen LogP contribution in [0.1, 0.15) is 219 Å². The lowest BCUT2D eigenvalue weighted by molar-refractivity contribution is -0.161. The predicted molar refractivity (Wildman–Crippen MR) is 187 cm³/mol. The van der Waals surface area contributed by atoms with Gasteiger partial charge in [0.05, 0.1) is 6.61 Å². The van der Waals surface area contributed by atoms with Crippen LogP contribution in [0.3, 0.4) is 0 Å². The highest BCUT2D eigenvalue weighted by Gasteiger charge is 2.16. The highest BCUT2D eigenvalue weighted by molar-refractivity contribution is 5.70. The maximum atomic E-state index is 12.1. The molecular formula is C39H76O5. The van der Waals surface area contributed by atoms with Gasteiger partial charge in [-0.05, 0) is 12.8 Å². The molecule has 0 saturated carbocycles. The van der Waals surface area contributed by atoms with Crippen LogP contribution in [0.25, 0.3) is 0 Å². The Hall–Kier alpha value is -1.10. The number of aliphatic hydroxyl groups is 1. The van der Waals surface area contributed by atoms with Gasteiger partial charge in [-0.15, -0.1) is 0 Å². The minimum absolute atomic E-state index is 0.0575. The summed E-state index contributed by atoms with van der Waals surface area (Å²) in [7, 11) is 0. The quantitative estimate of drug-likeness (QED) is 0.0554. The number of unbranched alkanes of at least 4 members (excludes halogenated alkanes) is 28. The third kappa shape index (κ3) is 33.8. The number of carbonyl (C=O) groups is 2. The van der Waals surface area contributed by atoms with Crippen LogP contribution in [0.4, 0.5) is 0 Å². The topological polar surface area (TPSA) is 72.8 Å². The van der Waals surface area contributed by atoms with Gasteiger partial charge < -0.3 is 14.6 Å². The van der Waals surface area contributed by atoms with E-state index in [9.17, 15) is 14.7 Å². The molecule has 5 nitrogen and oxygen atoms in total. The number of aliphatic hydroxyl groups excluding tert-OH is 1. The zero-order chi connectivity index (χ0) is 32.2. The molecular weight excluding hydrogens is 548 g/mol. The second-order valence-electron chi connectivity index (χ2n) is 13.4. The predicted octanol–water partition coefficient (Wildman–Crippen LogP) is 12.0. The molecule has 0 aliphatic carbocycles. The van der Waals surface area contributed by atoms with Crippen molar-refractivity contribution in [1.82, 2.24) is 0 Å². The lowest BCUT2D eigenvalue weighted by Gasteiger charge is -2.15. The summed E-state index contributed by atoms with van der Waals surface area (Å²) in [5, 5.41) is 9.52. The zero-order valence-corrected chi connectivity index (χ0v) is 29.7. The molecule has 262 valence electrons. The minimum atomic E-state index is -0.760. The van der Waals surface area contributed by atoms with Crippen molar-refractivity contribution >= 4 is 11.9 Å². The number of esters is 2. The van der Waals surface area contributed by atoms with E-state index in [1.54, 1.807) is 0 Å². The van der Waals surface area contributed by atoms with Crippen molar-refractivity contribution in [3.63, 3.8) is 0 Å². The molecule has 0 saturated heterocycles. The Morgan fingerprint density at radius 2 is 0.705 bits per heavy atom. The Bertz CT molecular complexity index is 593. The van der Waals surface area contributed by atoms with Crippen molar-refractivity contribution in [2.24, 2.45) is 0 Å². The van der Waals surface area contributed by atoms with Crippen LogP contribution in [-0.2, 0) is 19.1 Å². The van der Waals surface area contributed by atoms with Crippen LogP contribution in [0.15, 0.2) is 0 Å². The first kappa shape index (κ1) is 42.9. The highest BCUT2D eigenvalue weighted by Crippen LogP contribution is 2.16. The summed E-state index contributed by atoms with van der Waals surface area (Å²) in [5.41, 5.74) is 0. The molecule has 0 heterocycles. The third-order valence-corrected chi connectivity index (χ3v) is 8.90. The van der Waals surface area contributed by atoms with E-state index >= 15 is 0 Å². The van der Waals surface area contributed by atoms with Crippen LogP contribution in [0, 0.1) is 0 Å². The number of hydrogen-bond acceptors (Lipinski definition) is 5.